The Morgan fingerprint density at radius 1 is 1.29 bits per heavy atom. The van der Waals surface area contributed by atoms with Gasteiger partial charge in [0, 0.05) is 17.5 Å². The number of aromatic nitrogens is 2. The molecule has 17 heavy (non-hydrogen) atoms. The second-order valence-corrected chi connectivity index (χ2v) is 6.06. The van der Waals surface area contributed by atoms with Gasteiger partial charge in [0.25, 0.3) is 0 Å². The Morgan fingerprint density at radius 3 is 2.59 bits per heavy atom. The Balaban J connectivity index is 2.74. The summed E-state index contributed by atoms with van der Waals surface area (Å²) in [6, 6.07) is 2.06. The monoisotopic (exact) mass is 253 g/mol. The summed E-state index contributed by atoms with van der Waals surface area (Å²) in [6.45, 7) is 11.8. The van der Waals surface area contributed by atoms with Crippen molar-refractivity contribution in [1.82, 2.24) is 9.97 Å². The highest BCUT2D eigenvalue weighted by Gasteiger charge is 2.11. The third kappa shape index (κ3) is 4.94. The number of nitrogens with one attached hydrogen (secondary N) is 1. The second-order valence-electron chi connectivity index (χ2n) is 4.66. The molecule has 0 aliphatic rings. The molecule has 1 aromatic heterocycles. The van der Waals surface area contributed by atoms with E-state index in [9.17, 15) is 0 Å². The van der Waals surface area contributed by atoms with Crippen LogP contribution in [0.2, 0.25) is 0 Å². The quantitative estimate of drug-likeness (QED) is 0.619. The Hall–Kier alpha value is -0.770. The number of hydrogen-bond acceptors (Lipinski definition) is 4. The molecule has 0 bridgehead atoms. The lowest BCUT2D eigenvalue weighted by molar-refractivity contribution is 0.641. The number of rotatable bonds is 6. The standard InChI is InChI=1S/C13H23N3S/c1-6-7-14-13-15-10(4)8-12(16-13)17-11(5)9(2)3/h8-9,11H,6-7H2,1-5H3,(H,14,15,16). The SMILES string of the molecule is CCCNc1nc(C)cc(SC(C)C(C)C)n1. The maximum atomic E-state index is 4.53. The lowest BCUT2D eigenvalue weighted by atomic mass is 10.2. The predicted molar refractivity (Wildman–Crippen MR) is 75.7 cm³/mol. The van der Waals surface area contributed by atoms with Crippen LogP contribution in [-0.2, 0) is 0 Å². The molecule has 4 heteroatoms. The normalized spacial score (nSPS) is 12.8. The molecule has 1 rings (SSSR count). The molecule has 0 spiro atoms. The first-order valence-corrected chi connectivity index (χ1v) is 7.17. The molecule has 1 heterocycles. The highest BCUT2D eigenvalue weighted by atomic mass is 32.2. The Kier molecular flexibility index (Phi) is 5.75. The topological polar surface area (TPSA) is 37.8 Å². The van der Waals surface area contributed by atoms with Gasteiger partial charge in [0.15, 0.2) is 0 Å². The van der Waals surface area contributed by atoms with E-state index in [2.05, 4.69) is 49.0 Å². The van der Waals surface area contributed by atoms with Crippen molar-refractivity contribution >= 4 is 17.7 Å². The summed E-state index contributed by atoms with van der Waals surface area (Å²) in [4.78, 5) is 8.92. The summed E-state index contributed by atoms with van der Waals surface area (Å²) in [5, 5.41) is 4.88. The lowest BCUT2D eigenvalue weighted by Crippen LogP contribution is -2.08. The number of hydrogen-bond donors (Lipinski definition) is 1. The lowest BCUT2D eigenvalue weighted by Gasteiger charge is -2.15. The van der Waals surface area contributed by atoms with Crippen LogP contribution in [0, 0.1) is 12.8 Å². The van der Waals surface area contributed by atoms with Crippen LogP contribution in [0.4, 0.5) is 5.95 Å². The maximum absolute atomic E-state index is 4.53. The highest BCUT2D eigenvalue weighted by molar-refractivity contribution is 7.99. The summed E-state index contributed by atoms with van der Waals surface area (Å²) in [5.41, 5.74) is 1.03. The second kappa shape index (κ2) is 6.84. The zero-order chi connectivity index (χ0) is 12.8. The fraction of sp³-hybridized carbons (Fsp3) is 0.692. The van der Waals surface area contributed by atoms with Gasteiger partial charge in [-0.05, 0) is 25.3 Å². The summed E-state index contributed by atoms with van der Waals surface area (Å²) < 4.78 is 0. The molecule has 3 nitrogen and oxygen atoms in total. The average Bonchev–Trinajstić information content (AvgIpc) is 2.25. The van der Waals surface area contributed by atoms with Crippen molar-refractivity contribution in [3.8, 4) is 0 Å². The van der Waals surface area contributed by atoms with Crippen molar-refractivity contribution in [2.24, 2.45) is 5.92 Å². The van der Waals surface area contributed by atoms with Gasteiger partial charge in [0.2, 0.25) is 5.95 Å². The van der Waals surface area contributed by atoms with Crippen molar-refractivity contribution in [2.75, 3.05) is 11.9 Å². The minimum atomic E-state index is 0.573. The van der Waals surface area contributed by atoms with Crippen LogP contribution in [0.3, 0.4) is 0 Å². The predicted octanol–water partition coefficient (Wildman–Crippen LogP) is 3.74. The smallest absolute Gasteiger partial charge is 0.223 e. The van der Waals surface area contributed by atoms with Crippen molar-refractivity contribution in [3.63, 3.8) is 0 Å². The molecule has 1 aromatic rings. The highest BCUT2D eigenvalue weighted by Crippen LogP contribution is 2.27. The fourth-order valence-electron chi connectivity index (χ4n) is 1.24. The molecule has 0 saturated carbocycles. The summed E-state index contributed by atoms with van der Waals surface area (Å²) in [7, 11) is 0. The molecule has 96 valence electrons. The minimum Gasteiger partial charge on any atom is -0.354 e. The Labute approximate surface area is 109 Å². The number of anilines is 1. The van der Waals surface area contributed by atoms with Gasteiger partial charge < -0.3 is 5.32 Å². The molecular formula is C13H23N3S. The van der Waals surface area contributed by atoms with Gasteiger partial charge in [-0.25, -0.2) is 9.97 Å². The van der Waals surface area contributed by atoms with Gasteiger partial charge in [-0.3, -0.25) is 0 Å². The van der Waals surface area contributed by atoms with Crippen molar-refractivity contribution in [2.45, 2.75) is 51.3 Å². The van der Waals surface area contributed by atoms with Crippen LogP contribution in [-0.4, -0.2) is 21.8 Å². The van der Waals surface area contributed by atoms with E-state index in [1.807, 2.05) is 18.7 Å². The molecule has 0 saturated heterocycles. The van der Waals surface area contributed by atoms with Gasteiger partial charge in [-0.15, -0.1) is 11.8 Å². The largest absolute Gasteiger partial charge is 0.354 e. The van der Waals surface area contributed by atoms with Gasteiger partial charge in [-0.1, -0.05) is 27.7 Å². The van der Waals surface area contributed by atoms with E-state index in [-0.39, 0.29) is 0 Å². The zero-order valence-corrected chi connectivity index (χ0v) is 12.3. The van der Waals surface area contributed by atoms with Crippen LogP contribution in [0.5, 0.6) is 0 Å². The molecule has 0 aliphatic heterocycles. The van der Waals surface area contributed by atoms with E-state index in [0.717, 1.165) is 29.6 Å². The molecule has 0 amide bonds. The summed E-state index contributed by atoms with van der Waals surface area (Å²) >= 11 is 1.82. The van der Waals surface area contributed by atoms with Crippen LogP contribution in [0.15, 0.2) is 11.1 Å². The first-order valence-electron chi connectivity index (χ1n) is 6.29. The van der Waals surface area contributed by atoms with E-state index in [4.69, 9.17) is 0 Å². The molecule has 0 aromatic carbocycles. The van der Waals surface area contributed by atoms with Crippen LogP contribution in [0.25, 0.3) is 0 Å². The molecule has 0 aliphatic carbocycles. The van der Waals surface area contributed by atoms with Gasteiger partial charge in [-0.2, -0.15) is 0 Å². The average molecular weight is 253 g/mol. The van der Waals surface area contributed by atoms with E-state index in [0.29, 0.717) is 11.2 Å². The maximum Gasteiger partial charge on any atom is 0.223 e. The fourth-order valence-corrected chi connectivity index (χ4v) is 2.27. The third-order valence-electron chi connectivity index (χ3n) is 2.61. The molecule has 1 N–H and O–H groups in total. The van der Waals surface area contributed by atoms with E-state index in [1.54, 1.807) is 0 Å². The number of aryl methyl sites for hydroxylation is 1. The Bertz CT molecular complexity index is 353. The first kappa shape index (κ1) is 14.3. The molecule has 0 radical (unpaired) electrons. The Morgan fingerprint density at radius 2 is 2.00 bits per heavy atom. The summed E-state index contributed by atoms with van der Waals surface area (Å²) in [6.07, 6.45) is 1.09. The summed E-state index contributed by atoms with van der Waals surface area (Å²) in [5.74, 6) is 1.41. The van der Waals surface area contributed by atoms with E-state index >= 15 is 0 Å². The van der Waals surface area contributed by atoms with Crippen molar-refractivity contribution in [3.05, 3.63) is 11.8 Å². The van der Waals surface area contributed by atoms with Gasteiger partial charge in [0.05, 0.1) is 0 Å². The van der Waals surface area contributed by atoms with Crippen LogP contribution in [0.1, 0.15) is 39.8 Å². The minimum absolute atomic E-state index is 0.573. The van der Waals surface area contributed by atoms with Gasteiger partial charge in [0.1, 0.15) is 5.03 Å². The van der Waals surface area contributed by atoms with Gasteiger partial charge >= 0.3 is 0 Å². The van der Waals surface area contributed by atoms with E-state index < -0.39 is 0 Å². The third-order valence-corrected chi connectivity index (χ3v) is 3.98. The number of thioether (sulfide) groups is 1. The zero-order valence-electron chi connectivity index (χ0n) is 11.4. The van der Waals surface area contributed by atoms with Crippen LogP contribution >= 0.6 is 11.8 Å². The first-order chi connectivity index (χ1) is 8.02. The number of nitrogens with zero attached hydrogens (tertiary/aromatic N) is 2. The van der Waals surface area contributed by atoms with E-state index in [1.165, 1.54) is 0 Å². The molecular weight excluding hydrogens is 230 g/mol. The molecule has 1 unspecified atom stereocenters. The molecule has 1 atom stereocenters. The van der Waals surface area contributed by atoms with Crippen molar-refractivity contribution < 1.29 is 0 Å². The van der Waals surface area contributed by atoms with Crippen molar-refractivity contribution in [1.29, 1.82) is 0 Å². The molecule has 0 fully saturated rings. The van der Waals surface area contributed by atoms with Crippen LogP contribution < -0.4 is 5.32 Å².